The van der Waals surface area contributed by atoms with E-state index in [2.05, 4.69) is 5.32 Å². The van der Waals surface area contributed by atoms with Crippen molar-refractivity contribution in [1.82, 2.24) is 0 Å². The molecule has 7 heteroatoms. The van der Waals surface area contributed by atoms with E-state index in [1.165, 1.54) is 6.08 Å². The van der Waals surface area contributed by atoms with E-state index >= 15 is 0 Å². The summed E-state index contributed by atoms with van der Waals surface area (Å²) in [4.78, 5) is 26.1. The van der Waals surface area contributed by atoms with Gasteiger partial charge in [0.1, 0.15) is 12.4 Å². The molecule has 2 heterocycles. The SMILES string of the molecule is O=C(/C=C/c1ccc(N2CCCC2=O)cc1)Nc1cc(Cl)ccc1OCC1CCCO1. The topological polar surface area (TPSA) is 67.9 Å². The van der Waals surface area contributed by atoms with E-state index in [1.807, 2.05) is 24.3 Å². The number of benzene rings is 2. The lowest BCUT2D eigenvalue weighted by molar-refractivity contribution is -0.117. The van der Waals surface area contributed by atoms with Crippen molar-refractivity contribution in [1.29, 1.82) is 0 Å². The van der Waals surface area contributed by atoms with Gasteiger partial charge in [-0.2, -0.15) is 0 Å². The normalized spacial score (nSPS) is 18.7. The molecule has 2 fully saturated rings. The summed E-state index contributed by atoms with van der Waals surface area (Å²) < 4.78 is 11.4. The predicted molar refractivity (Wildman–Crippen MR) is 122 cm³/mol. The minimum atomic E-state index is -0.289. The highest BCUT2D eigenvalue weighted by Gasteiger charge is 2.21. The molecule has 0 bridgehead atoms. The Kier molecular flexibility index (Phi) is 6.89. The molecule has 162 valence electrons. The Morgan fingerprint density at radius 2 is 2.06 bits per heavy atom. The second-order valence-corrected chi connectivity index (χ2v) is 8.09. The second-order valence-electron chi connectivity index (χ2n) is 7.65. The Hall–Kier alpha value is -2.83. The van der Waals surface area contributed by atoms with Gasteiger partial charge in [0.25, 0.3) is 0 Å². The monoisotopic (exact) mass is 440 g/mol. The first kappa shape index (κ1) is 21.4. The van der Waals surface area contributed by atoms with Crippen molar-refractivity contribution < 1.29 is 19.1 Å². The van der Waals surface area contributed by atoms with Gasteiger partial charge in [-0.05, 0) is 61.2 Å². The summed E-state index contributed by atoms with van der Waals surface area (Å²) in [5.41, 5.74) is 2.27. The van der Waals surface area contributed by atoms with Crippen LogP contribution in [0.5, 0.6) is 5.75 Å². The summed E-state index contributed by atoms with van der Waals surface area (Å²) in [7, 11) is 0. The van der Waals surface area contributed by atoms with Crippen LogP contribution < -0.4 is 15.0 Å². The fourth-order valence-corrected chi connectivity index (χ4v) is 3.89. The molecule has 2 aliphatic heterocycles. The Labute approximate surface area is 186 Å². The predicted octanol–water partition coefficient (Wildman–Crippen LogP) is 4.68. The van der Waals surface area contributed by atoms with E-state index in [0.717, 1.165) is 43.7 Å². The second kappa shape index (κ2) is 9.98. The number of carbonyl (C=O) groups excluding carboxylic acids is 2. The summed E-state index contributed by atoms with van der Waals surface area (Å²) in [6, 6.07) is 12.7. The third-order valence-corrected chi connectivity index (χ3v) is 5.59. The lowest BCUT2D eigenvalue weighted by atomic mass is 10.2. The lowest BCUT2D eigenvalue weighted by Crippen LogP contribution is -2.23. The average Bonchev–Trinajstić information content (AvgIpc) is 3.44. The van der Waals surface area contributed by atoms with Gasteiger partial charge in [0.15, 0.2) is 0 Å². The Balaban J connectivity index is 1.37. The molecule has 0 saturated carbocycles. The van der Waals surface area contributed by atoms with Crippen LogP contribution in [0.2, 0.25) is 5.02 Å². The highest BCUT2D eigenvalue weighted by atomic mass is 35.5. The quantitative estimate of drug-likeness (QED) is 0.635. The minimum Gasteiger partial charge on any atom is -0.489 e. The first-order chi connectivity index (χ1) is 15.1. The molecule has 1 N–H and O–H groups in total. The van der Waals surface area contributed by atoms with Crippen LogP contribution in [-0.4, -0.2) is 37.7 Å². The molecular weight excluding hydrogens is 416 g/mol. The van der Waals surface area contributed by atoms with Crippen LogP contribution in [0.1, 0.15) is 31.2 Å². The maximum absolute atomic E-state index is 12.5. The number of halogens is 1. The Morgan fingerprint density at radius 3 is 2.77 bits per heavy atom. The number of nitrogens with one attached hydrogen (secondary N) is 1. The van der Waals surface area contributed by atoms with Crippen molar-refractivity contribution in [3.63, 3.8) is 0 Å². The van der Waals surface area contributed by atoms with Crippen LogP contribution in [0.4, 0.5) is 11.4 Å². The van der Waals surface area contributed by atoms with Crippen molar-refractivity contribution in [3.05, 3.63) is 59.1 Å². The van der Waals surface area contributed by atoms with Crippen LogP contribution in [0.15, 0.2) is 48.5 Å². The molecule has 0 radical (unpaired) electrons. The largest absolute Gasteiger partial charge is 0.489 e. The molecule has 0 spiro atoms. The molecule has 2 aromatic carbocycles. The summed E-state index contributed by atoms with van der Waals surface area (Å²) >= 11 is 6.10. The molecule has 0 aromatic heterocycles. The third-order valence-electron chi connectivity index (χ3n) is 5.35. The fraction of sp³-hybridized carbons (Fsp3) is 0.333. The molecule has 0 aliphatic carbocycles. The van der Waals surface area contributed by atoms with Crippen molar-refractivity contribution in [3.8, 4) is 5.75 Å². The summed E-state index contributed by atoms with van der Waals surface area (Å²) in [6.07, 6.45) is 6.77. The number of rotatable bonds is 7. The number of hydrogen-bond acceptors (Lipinski definition) is 4. The first-order valence-electron chi connectivity index (χ1n) is 10.5. The maximum Gasteiger partial charge on any atom is 0.248 e. The van der Waals surface area contributed by atoms with Crippen LogP contribution in [0, 0.1) is 0 Å². The lowest BCUT2D eigenvalue weighted by Gasteiger charge is -2.15. The number of amides is 2. The molecule has 31 heavy (non-hydrogen) atoms. The van der Waals surface area contributed by atoms with E-state index < -0.39 is 0 Å². The van der Waals surface area contributed by atoms with E-state index in [-0.39, 0.29) is 17.9 Å². The van der Waals surface area contributed by atoms with E-state index in [4.69, 9.17) is 21.1 Å². The van der Waals surface area contributed by atoms with Crippen molar-refractivity contribution in [2.45, 2.75) is 31.8 Å². The van der Waals surface area contributed by atoms with Gasteiger partial charge in [0, 0.05) is 36.4 Å². The zero-order chi connectivity index (χ0) is 21.6. The molecule has 4 rings (SSSR count). The number of ether oxygens (including phenoxy) is 2. The van der Waals surface area contributed by atoms with Crippen molar-refractivity contribution in [2.75, 3.05) is 30.0 Å². The molecule has 1 atom stereocenters. The molecular formula is C24H25ClN2O4. The summed E-state index contributed by atoms with van der Waals surface area (Å²) in [5, 5.41) is 3.34. The Morgan fingerprint density at radius 1 is 1.23 bits per heavy atom. The van der Waals surface area contributed by atoms with Gasteiger partial charge in [0.05, 0.1) is 11.8 Å². The summed E-state index contributed by atoms with van der Waals surface area (Å²) in [5.74, 6) is 0.422. The van der Waals surface area contributed by atoms with Gasteiger partial charge in [-0.15, -0.1) is 0 Å². The van der Waals surface area contributed by atoms with Gasteiger partial charge >= 0.3 is 0 Å². The van der Waals surface area contributed by atoms with Crippen molar-refractivity contribution in [2.24, 2.45) is 0 Å². The Bertz CT molecular complexity index is 968. The zero-order valence-electron chi connectivity index (χ0n) is 17.2. The molecule has 2 amide bonds. The number of nitrogens with zero attached hydrogens (tertiary/aromatic N) is 1. The van der Waals surface area contributed by atoms with Crippen LogP contribution in [0.25, 0.3) is 6.08 Å². The van der Waals surface area contributed by atoms with Crippen LogP contribution >= 0.6 is 11.6 Å². The number of hydrogen-bond donors (Lipinski definition) is 1. The zero-order valence-corrected chi connectivity index (χ0v) is 17.9. The van der Waals surface area contributed by atoms with Crippen molar-refractivity contribution >= 4 is 40.9 Å². The molecule has 2 aromatic rings. The molecule has 6 nitrogen and oxygen atoms in total. The van der Waals surface area contributed by atoms with Gasteiger partial charge in [-0.3, -0.25) is 9.59 Å². The van der Waals surface area contributed by atoms with E-state index in [0.29, 0.717) is 29.5 Å². The van der Waals surface area contributed by atoms with E-state index in [1.54, 1.807) is 29.2 Å². The highest BCUT2D eigenvalue weighted by Crippen LogP contribution is 2.29. The smallest absolute Gasteiger partial charge is 0.248 e. The van der Waals surface area contributed by atoms with Gasteiger partial charge in [0.2, 0.25) is 11.8 Å². The van der Waals surface area contributed by atoms with Crippen LogP contribution in [0.3, 0.4) is 0 Å². The van der Waals surface area contributed by atoms with E-state index in [9.17, 15) is 9.59 Å². The maximum atomic E-state index is 12.5. The fourth-order valence-electron chi connectivity index (χ4n) is 3.72. The van der Waals surface area contributed by atoms with Gasteiger partial charge in [-0.1, -0.05) is 23.7 Å². The molecule has 2 saturated heterocycles. The molecule has 2 aliphatic rings. The number of anilines is 2. The van der Waals surface area contributed by atoms with Gasteiger partial charge < -0.3 is 19.7 Å². The van der Waals surface area contributed by atoms with Crippen LogP contribution in [-0.2, 0) is 14.3 Å². The number of carbonyl (C=O) groups is 2. The highest BCUT2D eigenvalue weighted by molar-refractivity contribution is 6.31. The first-order valence-corrected chi connectivity index (χ1v) is 10.9. The third kappa shape index (κ3) is 5.66. The minimum absolute atomic E-state index is 0.0814. The molecule has 1 unspecified atom stereocenters. The summed E-state index contributed by atoms with van der Waals surface area (Å²) in [6.45, 7) is 1.96. The average molecular weight is 441 g/mol. The van der Waals surface area contributed by atoms with Gasteiger partial charge in [-0.25, -0.2) is 0 Å². The standard InChI is InChI=1S/C24H25ClN2O4/c25-18-8-11-22(31-16-20-3-2-14-30-20)21(15-18)26-23(28)12-7-17-5-9-19(10-6-17)27-13-1-4-24(27)29/h5-12,15,20H,1-4,13-14,16H2,(H,26,28)/b12-7+.